The van der Waals surface area contributed by atoms with E-state index in [1.807, 2.05) is 30.0 Å². The summed E-state index contributed by atoms with van der Waals surface area (Å²) in [5.41, 5.74) is 1.89. The van der Waals surface area contributed by atoms with Crippen LogP contribution in [0.4, 0.5) is 0 Å². The van der Waals surface area contributed by atoms with Gasteiger partial charge in [-0.25, -0.2) is 0 Å². The molecule has 1 saturated heterocycles. The molecule has 0 aliphatic carbocycles. The topological polar surface area (TPSA) is 29.5 Å². The lowest BCUT2D eigenvalue weighted by Crippen LogP contribution is -2.37. The van der Waals surface area contributed by atoms with E-state index in [-0.39, 0.29) is 12.0 Å². The smallest absolute Gasteiger partial charge is 0.253 e. The van der Waals surface area contributed by atoms with Crippen molar-refractivity contribution in [1.82, 2.24) is 4.90 Å². The Balaban J connectivity index is 2.10. The molecule has 110 valence electrons. The predicted octanol–water partition coefficient (Wildman–Crippen LogP) is 3.79. The molecular formula is C16H22BrNO2. The molecule has 1 amide bonds. The molecule has 1 aliphatic rings. The summed E-state index contributed by atoms with van der Waals surface area (Å²) < 4.78 is 6.64. The van der Waals surface area contributed by atoms with Crippen LogP contribution in [-0.4, -0.2) is 36.6 Å². The minimum Gasteiger partial charge on any atom is -0.376 e. The first kappa shape index (κ1) is 15.5. The van der Waals surface area contributed by atoms with E-state index in [1.54, 1.807) is 0 Å². The molecule has 1 heterocycles. The van der Waals surface area contributed by atoms with Crippen LogP contribution in [0, 0.1) is 6.92 Å². The van der Waals surface area contributed by atoms with Gasteiger partial charge in [0.05, 0.1) is 6.10 Å². The Bertz CT molecular complexity index is 470. The second-order valence-corrected chi connectivity index (χ2v) is 6.20. The van der Waals surface area contributed by atoms with Crippen LogP contribution in [0.25, 0.3) is 0 Å². The maximum Gasteiger partial charge on any atom is 0.253 e. The highest BCUT2D eigenvalue weighted by Gasteiger charge is 2.23. The van der Waals surface area contributed by atoms with Gasteiger partial charge in [0, 0.05) is 29.7 Å². The summed E-state index contributed by atoms with van der Waals surface area (Å²) in [4.78, 5) is 14.6. The summed E-state index contributed by atoms with van der Waals surface area (Å²) in [5, 5.41) is 0. The molecule has 2 rings (SSSR count). The monoisotopic (exact) mass is 339 g/mol. The fourth-order valence-corrected chi connectivity index (χ4v) is 2.87. The van der Waals surface area contributed by atoms with Crippen LogP contribution >= 0.6 is 15.9 Å². The average molecular weight is 340 g/mol. The van der Waals surface area contributed by atoms with Gasteiger partial charge in [-0.1, -0.05) is 28.9 Å². The Hall–Kier alpha value is -0.870. The summed E-state index contributed by atoms with van der Waals surface area (Å²) in [5.74, 6) is 0.100. The molecular weight excluding hydrogens is 318 g/mol. The van der Waals surface area contributed by atoms with Crippen LogP contribution in [0.1, 0.15) is 42.1 Å². The number of ether oxygens (including phenoxy) is 1. The maximum absolute atomic E-state index is 12.6. The van der Waals surface area contributed by atoms with E-state index < -0.39 is 0 Å². The predicted molar refractivity (Wildman–Crippen MR) is 84.0 cm³/mol. The molecule has 1 fully saturated rings. The van der Waals surface area contributed by atoms with Crippen LogP contribution in [0.2, 0.25) is 0 Å². The molecule has 3 nitrogen and oxygen atoms in total. The third-order valence-corrected chi connectivity index (χ3v) is 4.50. The van der Waals surface area contributed by atoms with E-state index in [4.69, 9.17) is 4.74 Å². The number of nitrogens with zero attached hydrogens (tertiary/aromatic N) is 1. The van der Waals surface area contributed by atoms with Crippen molar-refractivity contribution in [2.75, 3.05) is 19.7 Å². The van der Waals surface area contributed by atoms with Crippen LogP contribution in [-0.2, 0) is 4.74 Å². The summed E-state index contributed by atoms with van der Waals surface area (Å²) in [6.45, 7) is 6.44. The molecule has 0 radical (unpaired) electrons. The molecule has 1 aromatic rings. The zero-order chi connectivity index (χ0) is 14.5. The van der Waals surface area contributed by atoms with E-state index in [2.05, 4.69) is 22.9 Å². The van der Waals surface area contributed by atoms with Gasteiger partial charge < -0.3 is 9.64 Å². The lowest BCUT2D eigenvalue weighted by Gasteiger charge is -2.25. The first-order valence-corrected chi connectivity index (χ1v) is 8.08. The third-order valence-electron chi connectivity index (χ3n) is 3.65. The number of carbonyl (C=O) groups excluding carboxylic acids is 1. The Morgan fingerprint density at radius 3 is 2.90 bits per heavy atom. The van der Waals surface area contributed by atoms with Crippen molar-refractivity contribution < 1.29 is 9.53 Å². The lowest BCUT2D eigenvalue weighted by atomic mass is 10.1. The summed E-state index contributed by atoms with van der Waals surface area (Å²) in [6, 6.07) is 5.80. The molecule has 0 aromatic heterocycles. The highest BCUT2D eigenvalue weighted by molar-refractivity contribution is 9.10. The molecule has 1 aliphatic heterocycles. The molecule has 1 unspecified atom stereocenters. The van der Waals surface area contributed by atoms with Gasteiger partial charge in [-0.2, -0.15) is 0 Å². The van der Waals surface area contributed by atoms with Crippen molar-refractivity contribution in [3.05, 3.63) is 33.8 Å². The van der Waals surface area contributed by atoms with Crippen LogP contribution < -0.4 is 0 Å². The average Bonchev–Trinajstić information content (AvgIpc) is 2.93. The van der Waals surface area contributed by atoms with E-state index in [9.17, 15) is 4.79 Å². The summed E-state index contributed by atoms with van der Waals surface area (Å²) in [6.07, 6.45) is 3.34. The van der Waals surface area contributed by atoms with Crippen molar-refractivity contribution in [3.8, 4) is 0 Å². The van der Waals surface area contributed by atoms with Crippen molar-refractivity contribution in [1.29, 1.82) is 0 Å². The maximum atomic E-state index is 12.6. The van der Waals surface area contributed by atoms with Crippen LogP contribution in [0.3, 0.4) is 0 Å². The number of amides is 1. The Kier molecular flexibility index (Phi) is 5.61. The van der Waals surface area contributed by atoms with E-state index in [1.165, 1.54) is 0 Å². The molecule has 0 bridgehead atoms. The van der Waals surface area contributed by atoms with Gasteiger partial charge in [0.2, 0.25) is 0 Å². The van der Waals surface area contributed by atoms with Gasteiger partial charge in [0.25, 0.3) is 5.91 Å². The number of rotatable bonds is 5. The Morgan fingerprint density at radius 2 is 2.30 bits per heavy atom. The fraction of sp³-hybridized carbons (Fsp3) is 0.562. The molecule has 0 N–H and O–H groups in total. The van der Waals surface area contributed by atoms with E-state index in [0.29, 0.717) is 6.54 Å². The molecule has 1 aromatic carbocycles. The Morgan fingerprint density at radius 1 is 1.50 bits per heavy atom. The standard InChI is InChI=1S/C16H22BrNO2/c1-3-8-18(11-14-5-4-9-20-14)16(19)13-7-6-12(2)15(17)10-13/h6-7,10,14H,3-5,8-9,11H2,1-2H3. The van der Waals surface area contributed by atoms with Crippen molar-refractivity contribution in [2.24, 2.45) is 0 Å². The summed E-state index contributed by atoms with van der Waals surface area (Å²) >= 11 is 3.50. The number of aryl methyl sites for hydroxylation is 1. The van der Waals surface area contributed by atoms with Gasteiger partial charge in [-0.05, 0) is 43.9 Å². The number of carbonyl (C=O) groups is 1. The second-order valence-electron chi connectivity index (χ2n) is 5.35. The van der Waals surface area contributed by atoms with Gasteiger partial charge in [-0.15, -0.1) is 0 Å². The first-order chi connectivity index (χ1) is 9.61. The minimum absolute atomic E-state index is 0.100. The Labute approximate surface area is 129 Å². The number of halogens is 1. The third kappa shape index (κ3) is 3.83. The van der Waals surface area contributed by atoms with E-state index in [0.717, 1.165) is 48.0 Å². The quantitative estimate of drug-likeness (QED) is 0.816. The molecule has 0 saturated carbocycles. The second kappa shape index (κ2) is 7.23. The fourth-order valence-electron chi connectivity index (χ4n) is 2.49. The zero-order valence-corrected chi connectivity index (χ0v) is 13.8. The largest absolute Gasteiger partial charge is 0.376 e. The van der Waals surface area contributed by atoms with E-state index >= 15 is 0 Å². The van der Waals surface area contributed by atoms with Gasteiger partial charge in [0.1, 0.15) is 0 Å². The molecule has 1 atom stereocenters. The zero-order valence-electron chi connectivity index (χ0n) is 12.2. The van der Waals surface area contributed by atoms with Crippen molar-refractivity contribution in [2.45, 2.75) is 39.2 Å². The first-order valence-electron chi connectivity index (χ1n) is 7.29. The lowest BCUT2D eigenvalue weighted by molar-refractivity contribution is 0.0526. The molecule has 20 heavy (non-hydrogen) atoms. The van der Waals surface area contributed by atoms with Crippen molar-refractivity contribution in [3.63, 3.8) is 0 Å². The molecule has 4 heteroatoms. The SMILES string of the molecule is CCCN(CC1CCCO1)C(=O)c1ccc(C)c(Br)c1. The molecule has 0 spiro atoms. The number of benzene rings is 1. The highest BCUT2D eigenvalue weighted by Crippen LogP contribution is 2.20. The van der Waals surface area contributed by atoms with Gasteiger partial charge in [0.15, 0.2) is 0 Å². The summed E-state index contributed by atoms with van der Waals surface area (Å²) in [7, 11) is 0. The highest BCUT2D eigenvalue weighted by atomic mass is 79.9. The van der Waals surface area contributed by atoms with Gasteiger partial charge in [-0.3, -0.25) is 4.79 Å². The van der Waals surface area contributed by atoms with Crippen LogP contribution in [0.15, 0.2) is 22.7 Å². The normalized spacial score (nSPS) is 18.2. The van der Waals surface area contributed by atoms with Crippen LogP contribution in [0.5, 0.6) is 0 Å². The minimum atomic E-state index is 0.100. The van der Waals surface area contributed by atoms with Crippen molar-refractivity contribution >= 4 is 21.8 Å². The number of hydrogen-bond donors (Lipinski definition) is 0. The van der Waals surface area contributed by atoms with Gasteiger partial charge >= 0.3 is 0 Å². The number of hydrogen-bond acceptors (Lipinski definition) is 2.